The molecule has 0 atom stereocenters. The lowest BCUT2D eigenvalue weighted by molar-refractivity contribution is -0.400. The second kappa shape index (κ2) is 8.75. The average molecular weight is 420 g/mol. The third-order valence-corrected chi connectivity index (χ3v) is 4.55. The van der Waals surface area contributed by atoms with E-state index in [1.807, 2.05) is 19.1 Å². The van der Waals surface area contributed by atoms with E-state index in [0.717, 1.165) is 30.4 Å². The molecular formula is C21H22F6O2. The molecule has 0 heterocycles. The average Bonchev–Trinajstić information content (AvgIpc) is 2.60. The van der Waals surface area contributed by atoms with Crippen molar-refractivity contribution < 1.29 is 35.8 Å². The van der Waals surface area contributed by atoms with Gasteiger partial charge in [-0.15, -0.1) is 0 Å². The SMILES string of the molecule is CCCc1cc(C(OCOC)(C(F)(F)F)C(F)(F)F)ccc1-c1cccc(C)c1. The number of hydrogen-bond acceptors (Lipinski definition) is 2. The fraction of sp³-hybridized carbons (Fsp3) is 0.429. The zero-order valence-electron chi connectivity index (χ0n) is 16.2. The lowest BCUT2D eigenvalue weighted by Crippen LogP contribution is -2.56. The number of aryl methyl sites for hydroxylation is 2. The molecule has 0 aromatic heterocycles. The molecule has 0 aliphatic heterocycles. The summed E-state index contributed by atoms with van der Waals surface area (Å²) in [5, 5.41) is 0. The van der Waals surface area contributed by atoms with Crippen molar-refractivity contribution >= 4 is 0 Å². The van der Waals surface area contributed by atoms with Crippen molar-refractivity contribution in [3.63, 3.8) is 0 Å². The molecule has 2 aromatic rings. The van der Waals surface area contributed by atoms with E-state index < -0.39 is 30.3 Å². The van der Waals surface area contributed by atoms with Crippen LogP contribution in [-0.2, 0) is 21.5 Å². The number of methoxy groups -OCH3 is 1. The Balaban J connectivity index is 2.73. The third kappa shape index (κ3) is 4.59. The molecule has 2 aromatic carbocycles. The number of benzene rings is 2. The van der Waals surface area contributed by atoms with Gasteiger partial charge in [0.15, 0.2) is 0 Å². The Labute approximate surface area is 165 Å². The van der Waals surface area contributed by atoms with Gasteiger partial charge in [0.2, 0.25) is 0 Å². The molecule has 0 bridgehead atoms. The van der Waals surface area contributed by atoms with E-state index in [1.54, 1.807) is 19.1 Å². The standard InChI is InChI=1S/C21H22F6O2/c1-4-6-15-12-17(9-10-18(15)16-8-5-7-14(2)11-16)19(20(22,23)24,21(25,26)27)29-13-28-3/h5,7-12H,4,6,13H2,1-3H3. The highest BCUT2D eigenvalue weighted by Gasteiger charge is 2.73. The van der Waals surface area contributed by atoms with Crippen LogP contribution in [0.15, 0.2) is 42.5 Å². The maximum Gasteiger partial charge on any atom is 0.430 e. The minimum absolute atomic E-state index is 0.313. The van der Waals surface area contributed by atoms with Crippen LogP contribution in [0.25, 0.3) is 11.1 Å². The second-order valence-electron chi connectivity index (χ2n) is 6.72. The van der Waals surface area contributed by atoms with Gasteiger partial charge in [-0.1, -0.05) is 61.4 Å². The van der Waals surface area contributed by atoms with Crippen LogP contribution in [0.4, 0.5) is 26.3 Å². The first-order valence-electron chi connectivity index (χ1n) is 8.94. The molecule has 0 unspecified atom stereocenters. The molecule has 160 valence electrons. The molecule has 0 aliphatic rings. The zero-order valence-corrected chi connectivity index (χ0v) is 16.2. The molecular weight excluding hydrogens is 398 g/mol. The van der Waals surface area contributed by atoms with E-state index >= 15 is 0 Å². The van der Waals surface area contributed by atoms with E-state index in [9.17, 15) is 26.3 Å². The van der Waals surface area contributed by atoms with Crippen LogP contribution >= 0.6 is 0 Å². The van der Waals surface area contributed by atoms with Gasteiger partial charge in [-0.3, -0.25) is 0 Å². The van der Waals surface area contributed by atoms with Gasteiger partial charge in [0.25, 0.3) is 5.60 Å². The topological polar surface area (TPSA) is 18.5 Å². The maximum atomic E-state index is 13.8. The minimum Gasteiger partial charge on any atom is -0.359 e. The lowest BCUT2D eigenvalue weighted by Gasteiger charge is -2.37. The van der Waals surface area contributed by atoms with Crippen molar-refractivity contribution in [3.8, 4) is 11.1 Å². The summed E-state index contributed by atoms with van der Waals surface area (Å²) < 4.78 is 91.3. The van der Waals surface area contributed by atoms with E-state index in [1.165, 1.54) is 6.07 Å². The number of rotatable bonds is 7. The van der Waals surface area contributed by atoms with Crippen LogP contribution in [0.2, 0.25) is 0 Å². The molecule has 0 amide bonds. The Hall–Kier alpha value is -2.06. The molecule has 0 radical (unpaired) electrons. The fourth-order valence-corrected chi connectivity index (χ4v) is 3.27. The number of alkyl halides is 6. The summed E-state index contributed by atoms with van der Waals surface area (Å²) in [4.78, 5) is 0. The quantitative estimate of drug-likeness (QED) is 0.373. The van der Waals surface area contributed by atoms with Crippen LogP contribution in [0.5, 0.6) is 0 Å². The molecule has 0 saturated heterocycles. The van der Waals surface area contributed by atoms with Gasteiger partial charge >= 0.3 is 12.4 Å². The van der Waals surface area contributed by atoms with Crippen molar-refractivity contribution in [3.05, 3.63) is 59.2 Å². The van der Waals surface area contributed by atoms with Crippen molar-refractivity contribution in [2.75, 3.05) is 13.9 Å². The van der Waals surface area contributed by atoms with Gasteiger partial charge in [0, 0.05) is 12.7 Å². The highest BCUT2D eigenvalue weighted by molar-refractivity contribution is 5.69. The first-order chi connectivity index (χ1) is 13.5. The van der Waals surface area contributed by atoms with Crippen molar-refractivity contribution in [2.24, 2.45) is 0 Å². The van der Waals surface area contributed by atoms with Crippen LogP contribution in [0.1, 0.15) is 30.0 Å². The Morgan fingerprint density at radius 3 is 2.07 bits per heavy atom. The van der Waals surface area contributed by atoms with Gasteiger partial charge < -0.3 is 9.47 Å². The van der Waals surface area contributed by atoms with Gasteiger partial charge in [-0.05, 0) is 30.0 Å². The van der Waals surface area contributed by atoms with Gasteiger partial charge in [-0.2, -0.15) is 26.3 Å². The first kappa shape index (κ1) is 23.2. The summed E-state index contributed by atoms with van der Waals surface area (Å²) in [5.41, 5.74) is -2.88. The summed E-state index contributed by atoms with van der Waals surface area (Å²) in [5.74, 6) is 0. The summed E-state index contributed by atoms with van der Waals surface area (Å²) in [7, 11) is 0.959. The maximum absolute atomic E-state index is 13.8. The monoisotopic (exact) mass is 420 g/mol. The van der Waals surface area contributed by atoms with E-state index in [0.29, 0.717) is 24.0 Å². The van der Waals surface area contributed by atoms with E-state index in [4.69, 9.17) is 0 Å². The Kier molecular flexibility index (Phi) is 7.01. The molecule has 0 saturated carbocycles. The number of halogens is 6. The van der Waals surface area contributed by atoms with Crippen LogP contribution in [0, 0.1) is 6.92 Å². The smallest absolute Gasteiger partial charge is 0.359 e. The van der Waals surface area contributed by atoms with Gasteiger partial charge in [0.05, 0.1) is 0 Å². The van der Waals surface area contributed by atoms with Crippen LogP contribution < -0.4 is 0 Å². The molecule has 0 spiro atoms. The lowest BCUT2D eigenvalue weighted by atomic mass is 9.86. The normalized spacial score (nSPS) is 13.0. The van der Waals surface area contributed by atoms with Crippen molar-refractivity contribution in [2.45, 2.75) is 44.6 Å². The molecule has 0 fully saturated rings. The predicted molar refractivity (Wildman–Crippen MR) is 97.4 cm³/mol. The summed E-state index contributed by atoms with van der Waals surface area (Å²) in [6, 6.07) is 10.3. The Bertz CT molecular complexity index is 813. The molecule has 0 N–H and O–H groups in total. The van der Waals surface area contributed by atoms with Crippen molar-refractivity contribution in [1.29, 1.82) is 0 Å². The summed E-state index contributed by atoms with van der Waals surface area (Å²) >= 11 is 0. The molecule has 2 nitrogen and oxygen atoms in total. The van der Waals surface area contributed by atoms with Crippen LogP contribution in [0.3, 0.4) is 0 Å². The molecule has 8 heteroatoms. The van der Waals surface area contributed by atoms with Crippen molar-refractivity contribution in [1.82, 2.24) is 0 Å². The summed E-state index contributed by atoms with van der Waals surface area (Å²) in [6.07, 6.45) is -10.6. The fourth-order valence-electron chi connectivity index (χ4n) is 3.27. The third-order valence-electron chi connectivity index (χ3n) is 4.55. The highest BCUT2D eigenvalue weighted by atomic mass is 19.4. The molecule has 2 rings (SSSR count). The molecule has 0 aliphatic carbocycles. The van der Waals surface area contributed by atoms with Gasteiger partial charge in [-0.25, -0.2) is 0 Å². The zero-order chi connectivity index (χ0) is 21.9. The Morgan fingerprint density at radius 2 is 1.55 bits per heavy atom. The first-order valence-corrected chi connectivity index (χ1v) is 8.94. The Morgan fingerprint density at radius 1 is 0.897 bits per heavy atom. The second-order valence-corrected chi connectivity index (χ2v) is 6.72. The van der Waals surface area contributed by atoms with E-state index in [-0.39, 0.29) is 0 Å². The molecule has 29 heavy (non-hydrogen) atoms. The number of hydrogen-bond donors (Lipinski definition) is 0. The minimum atomic E-state index is -5.74. The highest BCUT2D eigenvalue weighted by Crippen LogP contribution is 2.53. The van der Waals surface area contributed by atoms with Gasteiger partial charge in [0.1, 0.15) is 6.79 Å². The predicted octanol–water partition coefficient (Wildman–Crippen LogP) is 6.55. The largest absolute Gasteiger partial charge is 0.430 e. The van der Waals surface area contributed by atoms with E-state index in [2.05, 4.69) is 9.47 Å². The summed E-state index contributed by atoms with van der Waals surface area (Å²) in [6.45, 7) is 2.49. The number of ether oxygens (including phenoxy) is 2. The van der Waals surface area contributed by atoms with Crippen LogP contribution in [-0.4, -0.2) is 26.3 Å².